The van der Waals surface area contributed by atoms with E-state index in [2.05, 4.69) is 25.6 Å². The number of nitrogens with two attached hydrogens (primary N) is 1. The number of aromatic nitrogens is 3. The van der Waals surface area contributed by atoms with Gasteiger partial charge in [0.2, 0.25) is 5.95 Å². The molecule has 0 radical (unpaired) electrons. The number of hydrogen-bond donors (Lipinski definition) is 3. The Hall–Kier alpha value is -4.40. The Bertz CT molecular complexity index is 1260. The van der Waals surface area contributed by atoms with E-state index in [4.69, 9.17) is 15.2 Å². The van der Waals surface area contributed by atoms with Gasteiger partial charge in [0.1, 0.15) is 5.82 Å². The molecule has 0 saturated carbocycles. The predicted molar refractivity (Wildman–Crippen MR) is 123 cm³/mol. The standard InChI is InChI=1S/C23H22N6O3/c1-31-19-11-17-18(12-20(19)32-2)28-23(29-21(17)24)26-13-14-4-3-5-16(10-14)27-22(30)15-6-8-25-9-7-15/h3-12H,13H2,1-2H3,(H,27,30)(H3,24,26,28,29). The number of pyridine rings is 1. The first-order chi connectivity index (χ1) is 15.6. The zero-order valence-electron chi connectivity index (χ0n) is 17.6. The molecular formula is C23H22N6O3. The summed E-state index contributed by atoms with van der Waals surface area (Å²) in [7, 11) is 3.12. The fourth-order valence-corrected chi connectivity index (χ4v) is 3.21. The molecule has 0 spiro atoms. The Morgan fingerprint density at radius 1 is 1.00 bits per heavy atom. The molecule has 0 atom stereocenters. The first-order valence-corrected chi connectivity index (χ1v) is 9.81. The lowest BCUT2D eigenvalue weighted by atomic mass is 10.2. The monoisotopic (exact) mass is 430 g/mol. The highest BCUT2D eigenvalue weighted by Gasteiger charge is 2.12. The third-order valence-corrected chi connectivity index (χ3v) is 4.81. The van der Waals surface area contributed by atoms with Crippen molar-refractivity contribution in [2.75, 3.05) is 30.6 Å². The highest BCUT2D eigenvalue weighted by Crippen LogP contribution is 2.33. The number of nitrogens with zero attached hydrogens (tertiary/aromatic N) is 3. The van der Waals surface area contributed by atoms with Crippen LogP contribution >= 0.6 is 0 Å². The summed E-state index contributed by atoms with van der Waals surface area (Å²) in [5.41, 5.74) is 8.93. The predicted octanol–water partition coefficient (Wildman–Crippen LogP) is 3.49. The molecule has 2 aromatic heterocycles. The second-order valence-electron chi connectivity index (χ2n) is 6.90. The molecule has 32 heavy (non-hydrogen) atoms. The zero-order valence-corrected chi connectivity index (χ0v) is 17.6. The van der Waals surface area contributed by atoms with Crippen molar-refractivity contribution in [3.8, 4) is 11.5 Å². The Balaban J connectivity index is 1.50. The Labute approximate surface area is 184 Å². The smallest absolute Gasteiger partial charge is 0.255 e. The molecule has 9 nitrogen and oxygen atoms in total. The summed E-state index contributed by atoms with van der Waals surface area (Å²) < 4.78 is 10.7. The number of amides is 1. The van der Waals surface area contributed by atoms with Crippen molar-refractivity contribution < 1.29 is 14.3 Å². The molecule has 4 rings (SSSR count). The number of nitrogens with one attached hydrogen (secondary N) is 2. The Morgan fingerprint density at radius 3 is 2.50 bits per heavy atom. The molecular weight excluding hydrogens is 408 g/mol. The molecule has 0 unspecified atom stereocenters. The average molecular weight is 430 g/mol. The summed E-state index contributed by atoms with van der Waals surface area (Å²) in [6.07, 6.45) is 3.16. The lowest BCUT2D eigenvalue weighted by molar-refractivity contribution is 0.102. The van der Waals surface area contributed by atoms with Crippen molar-refractivity contribution in [2.24, 2.45) is 0 Å². The minimum atomic E-state index is -0.201. The van der Waals surface area contributed by atoms with Crippen LogP contribution in [0, 0.1) is 0 Å². The van der Waals surface area contributed by atoms with Crippen LogP contribution in [0.3, 0.4) is 0 Å². The van der Waals surface area contributed by atoms with Crippen LogP contribution < -0.4 is 25.8 Å². The summed E-state index contributed by atoms with van der Waals surface area (Å²) >= 11 is 0. The van der Waals surface area contributed by atoms with E-state index in [1.807, 2.05) is 24.3 Å². The minimum absolute atomic E-state index is 0.201. The number of hydrogen-bond acceptors (Lipinski definition) is 8. The fourth-order valence-electron chi connectivity index (χ4n) is 3.21. The Kier molecular flexibility index (Phi) is 5.98. The maximum Gasteiger partial charge on any atom is 0.255 e. The number of fused-ring (bicyclic) bond motifs is 1. The van der Waals surface area contributed by atoms with Gasteiger partial charge in [-0.2, -0.15) is 4.98 Å². The van der Waals surface area contributed by atoms with Crippen molar-refractivity contribution in [2.45, 2.75) is 6.54 Å². The van der Waals surface area contributed by atoms with Gasteiger partial charge in [0.25, 0.3) is 5.91 Å². The average Bonchev–Trinajstić information content (AvgIpc) is 2.82. The molecule has 2 aromatic carbocycles. The first kappa shape index (κ1) is 20.9. The van der Waals surface area contributed by atoms with Gasteiger partial charge >= 0.3 is 0 Å². The zero-order chi connectivity index (χ0) is 22.5. The normalized spacial score (nSPS) is 10.6. The summed E-state index contributed by atoms with van der Waals surface area (Å²) in [6.45, 7) is 0.442. The molecule has 2 heterocycles. The molecule has 0 fully saturated rings. The number of rotatable bonds is 7. The lowest BCUT2D eigenvalue weighted by Gasteiger charge is -2.12. The van der Waals surface area contributed by atoms with Gasteiger partial charge < -0.3 is 25.8 Å². The van der Waals surface area contributed by atoms with Crippen molar-refractivity contribution in [3.05, 3.63) is 72.1 Å². The van der Waals surface area contributed by atoms with Gasteiger partial charge in [0, 0.05) is 41.6 Å². The van der Waals surface area contributed by atoms with Crippen LogP contribution in [0.2, 0.25) is 0 Å². The van der Waals surface area contributed by atoms with Gasteiger partial charge in [0.15, 0.2) is 11.5 Å². The van der Waals surface area contributed by atoms with Gasteiger partial charge in [0.05, 0.1) is 19.7 Å². The molecule has 4 N–H and O–H groups in total. The van der Waals surface area contributed by atoms with Gasteiger partial charge in [-0.1, -0.05) is 12.1 Å². The molecule has 162 valence electrons. The highest BCUT2D eigenvalue weighted by molar-refractivity contribution is 6.04. The topological polar surface area (TPSA) is 124 Å². The van der Waals surface area contributed by atoms with Gasteiger partial charge in [-0.15, -0.1) is 0 Å². The van der Waals surface area contributed by atoms with Crippen LogP contribution in [0.1, 0.15) is 15.9 Å². The van der Waals surface area contributed by atoms with Crippen LogP contribution in [0.15, 0.2) is 60.9 Å². The highest BCUT2D eigenvalue weighted by atomic mass is 16.5. The molecule has 0 saturated heterocycles. The maximum atomic E-state index is 12.4. The van der Waals surface area contributed by atoms with Crippen LogP contribution in [0.25, 0.3) is 10.9 Å². The van der Waals surface area contributed by atoms with E-state index in [0.29, 0.717) is 52.0 Å². The molecule has 4 aromatic rings. The van der Waals surface area contributed by atoms with E-state index in [0.717, 1.165) is 5.56 Å². The quantitative estimate of drug-likeness (QED) is 0.407. The van der Waals surface area contributed by atoms with Crippen LogP contribution in [-0.2, 0) is 6.54 Å². The Morgan fingerprint density at radius 2 is 1.75 bits per heavy atom. The fraction of sp³-hybridized carbons (Fsp3) is 0.130. The van der Waals surface area contributed by atoms with Gasteiger partial charge in [-0.05, 0) is 35.9 Å². The molecule has 9 heteroatoms. The second-order valence-corrected chi connectivity index (χ2v) is 6.90. The van der Waals surface area contributed by atoms with Crippen molar-refractivity contribution >= 4 is 34.3 Å². The number of anilines is 3. The first-order valence-electron chi connectivity index (χ1n) is 9.81. The van der Waals surface area contributed by atoms with E-state index in [1.54, 1.807) is 50.9 Å². The number of ether oxygens (including phenoxy) is 2. The van der Waals surface area contributed by atoms with E-state index in [1.165, 1.54) is 0 Å². The third kappa shape index (κ3) is 4.51. The largest absolute Gasteiger partial charge is 0.493 e. The molecule has 0 aliphatic rings. The second kappa shape index (κ2) is 9.17. The van der Waals surface area contributed by atoms with E-state index >= 15 is 0 Å². The minimum Gasteiger partial charge on any atom is -0.493 e. The number of methoxy groups -OCH3 is 2. The van der Waals surface area contributed by atoms with E-state index < -0.39 is 0 Å². The van der Waals surface area contributed by atoms with Crippen molar-refractivity contribution in [1.82, 2.24) is 15.0 Å². The molecule has 0 aliphatic heterocycles. The molecule has 0 aliphatic carbocycles. The summed E-state index contributed by atoms with van der Waals surface area (Å²) in [6, 6.07) is 14.3. The van der Waals surface area contributed by atoms with E-state index in [9.17, 15) is 4.79 Å². The SMILES string of the molecule is COc1cc2nc(NCc3cccc(NC(=O)c4ccncc4)c3)nc(N)c2cc1OC. The van der Waals surface area contributed by atoms with Gasteiger partial charge in [-0.25, -0.2) is 4.98 Å². The van der Waals surface area contributed by atoms with Crippen LogP contribution in [0.5, 0.6) is 11.5 Å². The maximum absolute atomic E-state index is 12.4. The van der Waals surface area contributed by atoms with Crippen molar-refractivity contribution in [3.63, 3.8) is 0 Å². The number of nitrogen functional groups attached to an aromatic ring is 1. The molecule has 0 bridgehead atoms. The van der Waals surface area contributed by atoms with E-state index in [-0.39, 0.29) is 5.91 Å². The van der Waals surface area contributed by atoms with Gasteiger partial charge in [-0.3, -0.25) is 9.78 Å². The molecule has 1 amide bonds. The summed E-state index contributed by atoms with van der Waals surface area (Å²) in [5, 5.41) is 6.73. The number of carbonyl (C=O) groups is 1. The van der Waals surface area contributed by atoms with Crippen LogP contribution in [-0.4, -0.2) is 35.1 Å². The number of benzene rings is 2. The summed E-state index contributed by atoms with van der Waals surface area (Å²) in [5.74, 6) is 1.63. The lowest BCUT2D eigenvalue weighted by Crippen LogP contribution is -2.12. The van der Waals surface area contributed by atoms with Crippen molar-refractivity contribution in [1.29, 1.82) is 0 Å². The third-order valence-electron chi connectivity index (χ3n) is 4.81. The summed E-state index contributed by atoms with van der Waals surface area (Å²) in [4.78, 5) is 25.2. The van der Waals surface area contributed by atoms with Crippen LogP contribution in [0.4, 0.5) is 17.5 Å². The number of carbonyl (C=O) groups excluding carboxylic acids is 1.